The van der Waals surface area contributed by atoms with Crippen molar-refractivity contribution < 1.29 is 14.3 Å². The number of ether oxygens (including phenoxy) is 2. The van der Waals surface area contributed by atoms with E-state index in [-0.39, 0.29) is 6.03 Å². The van der Waals surface area contributed by atoms with E-state index < -0.39 is 0 Å². The molecule has 1 aliphatic heterocycles. The smallest absolute Gasteiger partial charge is 0.317 e. The summed E-state index contributed by atoms with van der Waals surface area (Å²) in [5.74, 6) is 1.49. The molecule has 1 N–H and O–H groups in total. The predicted octanol–water partition coefficient (Wildman–Crippen LogP) is 1.55. The van der Waals surface area contributed by atoms with Gasteiger partial charge in [-0.3, -0.25) is 0 Å². The molecule has 1 saturated heterocycles. The van der Waals surface area contributed by atoms with Crippen molar-refractivity contribution in [2.45, 2.75) is 19.0 Å². The van der Waals surface area contributed by atoms with Crippen LogP contribution in [0.15, 0.2) is 18.2 Å². The van der Waals surface area contributed by atoms with Crippen LogP contribution in [0.1, 0.15) is 12.0 Å². The molecule has 0 spiro atoms. The molecule has 1 fully saturated rings. The van der Waals surface area contributed by atoms with Gasteiger partial charge in [0.15, 0.2) is 0 Å². The van der Waals surface area contributed by atoms with Gasteiger partial charge in [0, 0.05) is 31.2 Å². The molecular formula is C16H25N3O3. The summed E-state index contributed by atoms with van der Waals surface area (Å²) in [5.41, 5.74) is 0.901. The Bertz CT molecular complexity index is 519. The van der Waals surface area contributed by atoms with Gasteiger partial charge < -0.3 is 24.6 Å². The highest BCUT2D eigenvalue weighted by Crippen LogP contribution is 2.24. The fraction of sp³-hybridized carbons (Fsp3) is 0.562. The summed E-state index contributed by atoms with van der Waals surface area (Å²) in [6.45, 7) is 1.99. The molecule has 0 bridgehead atoms. The van der Waals surface area contributed by atoms with E-state index in [0.717, 1.165) is 36.6 Å². The molecule has 0 saturated carbocycles. The maximum Gasteiger partial charge on any atom is 0.317 e. The van der Waals surface area contributed by atoms with Crippen molar-refractivity contribution in [3.8, 4) is 11.5 Å². The van der Waals surface area contributed by atoms with E-state index in [1.807, 2.05) is 37.2 Å². The van der Waals surface area contributed by atoms with Crippen LogP contribution in [0.5, 0.6) is 11.5 Å². The topological polar surface area (TPSA) is 54.0 Å². The third-order valence-electron chi connectivity index (χ3n) is 4.10. The zero-order valence-electron chi connectivity index (χ0n) is 13.8. The minimum Gasteiger partial charge on any atom is -0.497 e. The molecule has 22 heavy (non-hydrogen) atoms. The average molecular weight is 307 g/mol. The summed E-state index contributed by atoms with van der Waals surface area (Å²) in [7, 11) is 7.34. The molecule has 0 radical (unpaired) electrons. The van der Waals surface area contributed by atoms with E-state index in [4.69, 9.17) is 9.47 Å². The van der Waals surface area contributed by atoms with Gasteiger partial charge in [-0.15, -0.1) is 0 Å². The zero-order chi connectivity index (χ0) is 16.1. The van der Waals surface area contributed by atoms with E-state index in [0.29, 0.717) is 12.6 Å². The van der Waals surface area contributed by atoms with Crippen LogP contribution in [0.25, 0.3) is 0 Å². The molecule has 1 aromatic rings. The lowest BCUT2D eigenvalue weighted by Gasteiger charge is -2.21. The Morgan fingerprint density at radius 3 is 2.73 bits per heavy atom. The molecule has 0 aromatic heterocycles. The Morgan fingerprint density at radius 2 is 2.14 bits per heavy atom. The number of rotatable bonds is 5. The highest BCUT2D eigenvalue weighted by Gasteiger charge is 2.27. The highest BCUT2D eigenvalue weighted by molar-refractivity contribution is 5.74. The van der Waals surface area contributed by atoms with Crippen LogP contribution in [-0.2, 0) is 6.54 Å². The Balaban J connectivity index is 1.94. The minimum atomic E-state index is -0.0331. The van der Waals surface area contributed by atoms with Crippen LogP contribution in [0.3, 0.4) is 0 Å². The van der Waals surface area contributed by atoms with Gasteiger partial charge in [-0.1, -0.05) is 0 Å². The van der Waals surface area contributed by atoms with Gasteiger partial charge in [-0.2, -0.15) is 0 Å². The molecule has 0 aliphatic carbocycles. The second kappa shape index (κ2) is 7.35. The van der Waals surface area contributed by atoms with Crippen LogP contribution in [0.2, 0.25) is 0 Å². The number of amides is 2. The van der Waals surface area contributed by atoms with E-state index in [1.54, 1.807) is 14.2 Å². The summed E-state index contributed by atoms with van der Waals surface area (Å²) in [4.78, 5) is 16.3. The lowest BCUT2D eigenvalue weighted by atomic mass is 10.2. The van der Waals surface area contributed by atoms with Crippen molar-refractivity contribution in [1.82, 2.24) is 15.1 Å². The molecule has 1 aliphatic rings. The van der Waals surface area contributed by atoms with Crippen LogP contribution >= 0.6 is 0 Å². The molecular weight excluding hydrogens is 282 g/mol. The Hall–Kier alpha value is -1.95. The summed E-state index contributed by atoms with van der Waals surface area (Å²) >= 11 is 0. The first-order valence-electron chi connectivity index (χ1n) is 7.45. The molecule has 1 heterocycles. The van der Waals surface area contributed by atoms with Gasteiger partial charge in [0.1, 0.15) is 11.5 Å². The number of nitrogens with one attached hydrogen (secondary N) is 1. The van der Waals surface area contributed by atoms with Gasteiger partial charge in [0.2, 0.25) is 0 Å². The zero-order valence-corrected chi connectivity index (χ0v) is 13.8. The van der Waals surface area contributed by atoms with Crippen molar-refractivity contribution in [3.63, 3.8) is 0 Å². The van der Waals surface area contributed by atoms with Crippen LogP contribution in [-0.4, -0.2) is 63.3 Å². The number of likely N-dealkylation sites (tertiary alicyclic amines) is 1. The predicted molar refractivity (Wildman–Crippen MR) is 85.4 cm³/mol. The largest absolute Gasteiger partial charge is 0.497 e. The van der Waals surface area contributed by atoms with Gasteiger partial charge in [-0.05, 0) is 38.7 Å². The van der Waals surface area contributed by atoms with E-state index in [9.17, 15) is 4.79 Å². The first-order valence-corrected chi connectivity index (χ1v) is 7.45. The maximum atomic E-state index is 12.3. The number of hydrogen-bond acceptors (Lipinski definition) is 4. The Kier molecular flexibility index (Phi) is 5.49. The normalized spacial score (nSPS) is 17.7. The molecule has 2 amide bonds. The lowest BCUT2D eigenvalue weighted by molar-refractivity contribution is 0.203. The first kappa shape index (κ1) is 16.4. The number of nitrogens with zero attached hydrogens (tertiary/aromatic N) is 2. The van der Waals surface area contributed by atoms with Crippen LogP contribution < -0.4 is 14.8 Å². The van der Waals surface area contributed by atoms with Gasteiger partial charge in [0.25, 0.3) is 0 Å². The number of carbonyl (C=O) groups excluding carboxylic acids is 1. The highest BCUT2D eigenvalue weighted by atomic mass is 16.5. The lowest BCUT2D eigenvalue weighted by Crippen LogP contribution is -2.40. The van der Waals surface area contributed by atoms with Gasteiger partial charge >= 0.3 is 6.03 Å². The number of likely N-dealkylation sites (N-methyl/N-ethyl adjacent to an activating group) is 1. The van der Waals surface area contributed by atoms with Crippen molar-refractivity contribution in [1.29, 1.82) is 0 Å². The summed E-state index contributed by atoms with van der Waals surface area (Å²) in [6, 6.07) is 5.97. The van der Waals surface area contributed by atoms with Crippen molar-refractivity contribution in [2.24, 2.45) is 0 Å². The van der Waals surface area contributed by atoms with Crippen molar-refractivity contribution in [3.05, 3.63) is 23.8 Å². The summed E-state index contributed by atoms with van der Waals surface area (Å²) in [5, 5.41) is 2.96. The minimum absolute atomic E-state index is 0.0331. The van der Waals surface area contributed by atoms with Crippen LogP contribution in [0.4, 0.5) is 4.79 Å². The average Bonchev–Trinajstić information content (AvgIpc) is 3.02. The second-order valence-electron chi connectivity index (χ2n) is 5.69. The number of benzene rings is 1. The molecule has 2 rings (SSSR count). The number of carbonyl (C=O) groups is 1. The molecule has 1 atom stereocenters. The molecule has 6 heteroatoms. The monoisotopic (exact) mass is 307 g/mol. The van der Waals surface area contributed by atoms with E-state index in [2.05, 4.69) is 10.2 Å². The Labute approximate surface area is 132 Å². The standard InChI is InChI=1S/C16H25N3O3/c1-18(2)13-7-8-19(11-13)16(20)17-10-12-9-14(21-3)5-6-15(12)22-4/h5-6,9,13H,7-8,10-11H2,1-4H3,(H,17,20)/t13-/m0/s1. The van der Waals surface area contributed by atoms with E-state index >= 15 is 0 Å². The third-order valence-corrected chi connectivity index (χ3v) is 4.10. The SMILES string of the molecule is COc1ccc(OC)c(CNC(=O)N2CC[C@H](N(C)C)C2)c1. The van der Waals surface area contributed by atoms with Crippen molar-refractivity contribution in [2.75, 3.05) is 41.4 Å². The van der Waals surface area contributed by atoms with Crippen LogP contribution in [0, 0.1) is 0 Å². The molecule has 122 valence electrons. The quantitative estimate of drug-likeness (QED) is 0.897. The first-order chi connectivity index (χ1) is 10.5. The number of urea groups is 1. The van der Waals surface area contributed by atoms with Crippen molar-refractivity contribution >= 4 is 6.03 Å². The number of methoxy groups -OCH3 is 2. The molecule has 0 unspecified atom stereocenters. The molecule has 1 aromatic carbocycles. The van der Waals surface area contributed by atoms with Gasteiger partial charge in [-0.25, -0.2) is 4.79 Å². The number of hydrogen-bond donors (Lipinski definition) is 1. The fourth-order valence-electron chi connectivity index (χ4n) is 2.65. The Morgan fingerprint density at radius 1 is 1.36 bits per heavy atom. The summed E-state index contributed by atoms with van der Waals surface area (Å²) in [6.07, 6.45) is 1.02. The fourth-order valence-corrected chi connectivity index (χ4v) is 2.65. The molecule has 6 nitrogen and oxygen atoms in total. The third kappa shape index (κ3) is 3.82. The van der Waals surface area contributed by atoms with Gasteiger partial charge in [0.05, 0.1) is 14.2 Å². The second-order valence-corrected chi connectivity index (χ2v) is 5.69. The maximum absolute atomic E-state index is 12.3. The van der Waals surface area contributed by atoms with E-state index in [1.165, 1.54) is 0 Å². The summed E-state index contributed by atoms with van der Waals surface area (Å²) < 4.78 is 10.5.